The zero-order valence-corrected chi connectivity index (χ0v) is 9.95. The third kappa shape index (κ3) is 2.39. The molecule has 1 aliphatic rings. The number of fused-ring (bicyclic) bond motifs is 1. The molecule has 96 valence electrons. The first-order valence-electron chi connectivity index (χ1n) is 6.08. The highest BCUT2D eigenvalue weighted by Crippen LogP contribution is 2.14. The van der Waals surface area contributed by atoms with Gasteiger partial charge in [-0.05, 0) is 18.2 Å². The predicted octanol–water partition coefficient (Wildman–Crippen LogP) is 0.256. The maximum absolute atomic E-state index is 11.1. The van der Waals surface area contributed by atoms with Crippen LogP contribution in [0, 0.1) is 0 Å². The molecule has 1 atom stereocenters. The average Bonchev–Trinajstić information content (AvgIpc) is 2.77. The van der Waals surface area contributed by atoms with Crippen molar-refractivity contribution < 1.29 is 4.74 Å². The Morgan fingerprint density at radius 2 is 2.22 bits per heavy atom. The van der Waals surface area contributed by atoms with E-state index in [0.29, 0.717) is 6.04 Å². The molecule has 0 saturated carbocycles. The van der Waals surface area contributed by atoms with Crippen molar-refractivity contribution in [3.8, 4) is 0 Å². The van der Waals surface area contributed by atoms with Gasteiger partial charge in [0, 0.05) is 24.8 Å². The third-order valence-electron chi connectivity index (χ3n) is 3.07. The second-order valence-electron chi connectivity index (χ2n) is 4.45. The Hall–Kier alpha value is -1.79. The minimum absolute atomic E-state index is 0.176. The number of ether oxygens (including phenoxy) is 1. The number of nitrogens with one attached hydrogen (secondary N) is 4. The van der Waals surface area contributed by atoms with Gasteiger partial charge >= 0.3 is 5.69 Å². The highest BCUT2D eigenvalue weighted by Gasteiger charge is 2.12. The molecule has 6 heteroatoms. The molecule has 0 radical (unpaired) electrons. The van der Waals surface area contributed by atoms with Gasteiger partial charge in [-0.3, -0.25) is 0 Å². The highest BCUT2D eigenvalue weighted by atomic mass is 16.5. The van der Waals surface area contributed by atoms with Crippen LogP contribution in [0.25, 0.3) is 11.0 Å². The van der Waals surface area contributed by atoms with Gasteiger partial charge in [-0.1, -0.05) is 0 Å². The number of hydrogen-bond donors (Lipinski definition) is 4. The molecule has 2 heterocycles. The monoisotopic (exact) mass is 248 g/mol. The van der Waals surface area contributed by atoms with Crippen LogP contribution in [-0.2, 0) is 4.74 Å². The number of aromatic nitrogens is 2. The molecule has 0 aliphatic carbocycles. The number of hydrogen-bond acceptors (Lipinski definition) is 4. The Labute approximate surface area is 104 Å². The van der Waals surface area contributed by atoms with Crippen molar-refractivity contribution in [3.05, 3.63) is 28.7 Å². The van der Waals surface area contributed by atoms with E-state index in [9.17, 15) is 4.79 Å². The Kier molecular flexibility index (Phi) is 3.04. The minimum atomic E-state index is -0.176. The van der Waals surface area contributed by atoms with Crippen LogP contribution in [0.2, 0.25) is 0 Å². The maximum Gasteiger partial charge on any atom is 0.323 e. The SMILES string of the molecule is O=c1[nH]c2ccc(NCC3COCCN3)cc2[nH]1. The fraction of sp³-hybridized carbons (Fsp3) is 0.417. The Bertz CT molecular complexity index is 583. The average molecular weight is 248 g/mol. The molecule has 3 rings (SSSR count). The van der Waals surface area contributed by atoms with Crippen molar-refractivity contribution in [2.24, 2.45) is 0 Å². The van der Waals surface area contributed by atoms with E-state index >= 15 is 0 Å². The number of benzene rings is 1. The first kappa shape index (κ1) is 11.3. The summed E-state index contributed by atoms with van der Waals surface area (Å²) in [5.41, 5.74) is 2.46. The van der Waals surface area contributed by atoms with Gasteiger partial charge in [0.25, 0.3) is 0 Å². The summed E-state index contributed by atoms with van der Waals surface area (Å²) in [6, 6.07) is 6.10. The fourth-order valence-electron chi connectivity index (χ4n) is 2.13. The van der Waals surface area contributed by atoms with Crippen molar-refractivity contribution in [1.29, 1.82) is 0 Å². The Morgan fingerprint density at radius 1 is 1.33 bits per heavy atom. The van der Waals surface area contributed by atoms with Crippen molar-refractivity contribution in [1.82, 2.24) is 15.3 Å². The third-order valence-corrected chi connectivity index (χ3v) is 3.07. The number of rotatable bonds is 3. The van der Waals surface area contributed by atoms with Crippen molar-refractivity contribution in [2.45, 2.75) is 6.04 Å². The second kappa shape index (κ2) is 4.83. The number of aromatic amines is 2. The van der Waals surface area contributed by atoms with Crippen molar-refractivity contribution in [2.75, 3.05) is 31.6 Å². The zero-order chi connectivity index (χ0) is 12.4. The van der Waals surface area contributed by atoms with Gasteiger partial charge in [0.2, 0.25) is 0 Å². The largest absolute Gasteiger partial charge is 0.383 e. The van der Waals surface area contributed by atoms with Gasteiger partial charge in [0.1, 0.15) is 0 Å². The van der Waals surface area contributed by atoms with E-state index in [1.807, 2.05) is 18.2 Å². The summed E-state index contributed by atoms with van der Waals surface area (Å²) in [5, 5.41) is 6.72. The summed E-state index contributed by atoms with van der Waals surface area (Å²) >= 11 is 0. The molecule has 1 aromatic heterocycles. The van der Waals surface area contributed by atoms with Crippen LogP contribution in [0.5, 0.6) is 0 Å². The van der Waals surface area contributed by atoms with Crippen LogP contribution in [0.4, 0.5) is 5.69 Å². The number of anilines is 1. The van der Waals surface area contributed by atoms with Gasteiger partial charge in [0.05, 0.1) is 24.2 Å². The van der Waals surface area contributed by atoms with Crippen LogP contribution in [0.15, 0.2) is 23.0 Å². The smallest absolute Gasteiger partial charge is 0.323 e. The molecule has 18 heavy (non-hydrogen) atoms. The first-order valence-corrected chi connectivity index (χ1v) is 6.08. The molecule has 1 unspecified atom stereocenters. The van der Waals surface area contributed by atoms with E-state index in [1.165, 1.54) is 0 Å². The molecular weight excluding hydrogens is 232 g/mol. The Morgan fingerprint density at radius 3 is 3.06 bits per heavy atom. The number of imidazole rings is 1. The van der Waals surface area contributed by atoms with E-state index in [2.05, 4.69) is 20.6 Å². The van der Waals surface area contributed by atoms with Gasteiger partial charge in [0.15, 0.2) is 0 Å². The lowest BCUT2D eigenvalue weighted by Crippen LogP contribution is -2.45. The topological polar surface area (TPSA) is 81.9 Å². The van der Waals surface area contributed by atoms with E-state index in [1.54, 1.807) is 0 Å². The summed E-state index contributed by atoms with van der Waals surface area (Å²) in [6.07, 6.45) is 0. The second-order valence-corrected chi connectivity index (χ2v) is 4.45. The molecule has 0 spiro atoms. The van der Waals surface area contributed by atoms with Crippen LogP contribution in [0.3, 0.4) is 0 Å². The zero-order valence-electron chi connectivity index (χ0n) is 9.95. The lowest BCUT2D eigenvalue weighted by molar-refractivity contribution is 0.0806. The van der Waals surface area contributed by atoms with Gasteiger partial charge in [-0.2, -0.15) is 0 Å². The quantitative estimate of drug-likeness (QED) is 0.628. The molecule has 1 aliphatic heterocycles. The summed E-state index contributed by atoms with van der Waals surface area (Å²) < 4.78 is 5.39. The standard InChI is InChI=1S/C12H16N4O2/c17-12-15-10-2-1-8(5-11(10)16-12)14-6-9-7-18-4-3-13-9/h1-2,5,9,13-14H,3-4,6-7H2,(H2,15,16,17). The normalized spacial score (nSPS) is 20.1. The van der Waals surface area contributed by atoms with E-state index < -0.39 is 0 Å². The van der Waals surface area contributed by atoms with E-state index in [0.717, 1.165) is 43.0 Å². The van der Waals surface area contributed by atoms with Crippen LogP contribution in [0.1, 0.15) is 0 Å². The van der Waals surface area contributed by atoms with Crippen LogP contribution in [-0.4, -0.2) is 42.3 Å². The molecular formula is C12H16N4O2. The molecule has 1 aromatic carbocycles. The Balaban J connectivity index is 1.68. The number of morpholine rings is 1. The number of H-pyrrole nitrogens is 2. The molecule has 1 saturated heterocycles. The minimum Gasteiger partial charge on any atom is -0.383 e. The fourth-order valence-corrected chi connectivity index (χ4v) is 2.13. The molecule has 2 aromatic rings. The van der Waals surface area contributed by atoms with Crippen LogP contribution >= 0.6 is 0 Å². The summed E-state index contributed by atoms with van der Waals surface area (Å²) in [7, 11) is 0. The maximum atomic E-state index is 11.1. The lowest BCUT2D eigenvalue weighted by atomic mass is 10.2. The predicted molar refractivity (Wildman–Crippen MR) is 70.0 cm³/mol. The first-order chi connectivity index (χ1) is 8.81. The highest BCUT2D eigenvalue weighted by molar-refractivity contribution is 5.78. The molecule has 4 N–H and O–H groups in total. The van der Waals surface area contributed by atoms with Gasteiger partial charge in [-0.15, -0.1) is 0 Å². The van der Waals surface area contributed by atoms with Crippen molar-refractivity contribution >= 4 is 16.7 Å². The molecule has 1 fully saturated rings. The molecule has 0 bridgehead atoms. The lowest BCUT2D eigenvalue weighted by Gasteiger charge is -2.24. The van der Waals surface area contributed by atoms with Crippen molar-refractivity contribution in [3.63, 3.8) is 0 Å². The summed E-state index contributed by atoms with van der Waals surface area (Å²) in [6.45, 7) is 3.22. The molecule has 0 amide bonds. The van der Waals surface area contributed by atoms with E-state index in [4.69, 9.17) is 4.74 Å². The van der Waals surface area contributed by atoms with Gasteiger partial charge in [-0.25, -0.2) is 4.79 Å². The molecule has 6 nitrogen and oxygen atoms in total. The summed E-state index contributed by atoms with van der Waals surface area (Å²) in [4.78, 5) is 16.6. The summed E-state index contributed by atoms with van der Waals surface area (Å²) in [5.74, 6) is 0. The van der Waals surface area contributed by atoms with E-state index in [-0.39, 0.29) is 5.69 Å². The van der Waals surface area contributed by atoms with Gasteiger partial charge < -0.3 is 25.3 Å². The van der Waals surface area contributed by atoms with Crippen LogP contribution < -0.4 is 16.3 Å².